The van der Waals surface area contributed by atoms with Crippen LogP contribution in [-0.2, 0) is 16.6 Å². The monoisotopic (exact) mass is 608 g/mol. The van der Waals surface area contributed by atoms with E-state index in [9.17, 15) is 13.2 Å². The second-order valence-corrected chi connectivity index (χ2v) is 15.4. The number of benzene rings is 1. The van der Waals surface area contributed by atoms with Crippen LogP contribution in [0.3, 0.4) is 0 Å². The molecule has 2 bridgehead atoms. The molecule has 0 spiro atoms. The molecule has 0 radical (unpaired) electrons. The number of amides is 1. The first-order valence-corrected chi connectivity index (χ1v) is 16.8. The zero-order valence-corrected chi connectivity index (χ0v) is 26.4. The highest BCUT2D eigenvalue weighted by molar-refractivity contribution is 7.89. The smallest absolute Gasteiger partial charge is 0.253 e. The molecule has 1 atom stereocenters. The van der Waals surface area contributed by atoms with Gasteiger partial charge in [0, 0.05) is 35.9 Å². The number of aromatic nitrogens is 1. The van der Waals surface area contributed by atoms with Crippen molar-refractivity contribution in [2.24, 2.45) is 11.8 Å². The summed E-state index contributed by atoms with van der Waals surface area (Å²) in [5, 5.41) is 3.49. The lowest BCUT2D eigenvalue weighted by Gasteiger charge is -2.44. The summed E-state index contributed by atoms with van der Waals surface area (Å²) < 4.78 is 31.0. The third kappa shape index (κ3) is 6.26. The summed E-state index contributed by atoms with van der Waals surface area (Å²) in [6, 6.07) is 5.30. The molecule has 1 aromatic heterocycles. The van der Waals surface area contributed by atoms with E-state index in [0.717, 1.165) is 63.3 Å². The molecule has 2 aromatic rings. The average molecular weight is 610 g/mol. The van der Waals surface area contributed by atoms with Crippen LogP contribution in [-0.4, -0.2) is 55.0 Å². The normalized spacial score (nSPS) is 23.9. The number of nitrogens with one attached hydrogen (secondary N) is 2. The Balaban J connectivity index is 1.51. The van der Waals surface area contributed by atoms with Gasteiger partial charge in [-0.3, -0.25) is 4.79 Å². The number of fused-ring (bicyclic) bond motifs is 3. The molecule has 4 aliphatic rings. The molecule has 1 aromatic carbocycles. The Labute approximate surface area is 249 Å². The maximum Gasteiger partial charge on any atom is 0.253 e. The second-order valence-electron chi connectivity index (χ2n) is 13.0. The van der Waals surface area contributed by atoms with Crippen LogP contribution in [0.4, 0.5) is 0 Å². The van der Waals surface area contributed by atoms with Gasteiger partial charge in [0.25, 0.3) is 5.91 Å². The van der Waals surface area contributed by atoms with Crippen LogP contribution in [0.15, 0.2) is 23.1 Å². The summed E-state index contributed by atoms with van der Waals surface area (Å²) in [6.07, 6.45) is 8.27. The summed E-state index contributed by atoms with van der Waals surface area (Å²) in [5.74, 6) is 0.986. The molecule has 2 N–H and O–H groups in total. The van der Waals surface area contributed by atoms with Crippen molar-refractivity contribution in [3.05, 3.63) is 39.5 Å². The summed E-state index contributed by atoms with van der Waals surface area (Å²) in [7, 11) is -3.88. The lowest BCUT2D eigenvalue weighted by molar-refractivity contribution is 0.0620. The highest BCUT2D eigenvalue weighted by Gasteiger charge is 2.36. The van der Waals surface area contributed by atoms with Crippen LogP contribution in [0.25, 0.3) is 11.3 Å². The predicted octanol–water partition coefficient (Wildman–Crippen LogP) is 6.25. The minimum atomic E-state index is -3.88. The fraction of sp³-hybridized carbons (Fsp3) is 0.633. The van der Waals surface area contributed by atoms with Crippen molar-refractivity contribution in [3.63, 3.8) is 0 Å². The highest BCUT2D eigenvalue weighted by atomic mass is 35.5. The number of rotatable bonds is 7. The Morgan fingerprint density at radius 2 is 1.70 bits per heavy atom. The summed E-state index contributed by atoms with van der Waals surface area (Å²) in [5.41, 5.74) is 2.29. The van der Waals surface area contributed by atoms with Gasteiger partial charge in [-0.1, -0.05) is 42.5 Å². The van der Waals surface area contributed by atoms with E-state index < -0.39 is 15.6 Å². The number of hydrogen-bond donors (Lipinski definition) is 2. The van der Waals surface area contributed by atoms with Crippen molar-refractivity contribution >= 4 is 39.1 Å². The van der Waals surface area contributed by atoms with E-state index in [1.165, 1.54) is 25.3 Å². The van der Waals surface area contributed by atoms with Gasteiger partial charge in [-0.2, -0.15) is 0 Å². The average Bonchev–Trinajstić information content (AvgIpc) is 3.21. The quantitative estimate of drug-likeness (QED) is 0.389. The molecule has 1 aliphatic carbocycles. The van der Waals surface area contributed by atoms with Crippen molar-refractivity contribution in [2.45, 2.75) is 95.7 Å². The first kappa shape index (κ1) is 29.9. The van der Waals surface area contributed by atoms with Crippen LogP contribution in [0.5, 0.6) is 0 Å². The first-order valence-electron chi connectivity index (χ1n) is 14.6. The third-order valence-electron chi connectivity index (χ3n) is 8.80. The Bertz CT molecular complexity index is 1370. The fourth-order valence-corrected chi connectivity index (χ4v) is 9.02. The van der Waals surface area contributed by atoms with Gasteiger partial charge in [0.15, 0.2) is 0 Å². The molecule has 40 heavy (non-hydrogen) atoms. The molecule has 220 valence electrons. The number of carbonyl (C=O) groups excluding carboxylic acids is 1. The third-order valence-corrected chi connectivity index (χ3v) is 11.6. The molecule has 1 saturated carbocycles. The van der Waals surface area contributed by atoms with E-state index >= 15 is 0 Å². The molecule has 1 unspecified atom stereocenters. The van der Waals surface area contributed by atoms with Crippen molar-refractivity contribution in [2.75, 3.05) is 19.6 Å². The van der Waals surface area contributed by atoms with Crippen molar-refractivity contribution in [1.29, 1.82) is 0 Å². The van der Waals surface area contributed by atoms with E-state index in [2.05, 4.69) is 19.5 Å². The first-order chi connectivity index (χ1) is 18.8. The standard InChI is InChI=1S/C30H42Cl2N4O3S/c1-19-23(29(37)33-24-18-35-14-12-21(24)13-15-35)16-25(36(19)17-20-8-6-5-7-9-20)22-10-11-26(28(32)27(22)31)40(38,39)34-30(2,3)4/h10-11,16,20-21,24,34H,5-9,12-15,17-18H2,1-4H3,(H,33,37). The van der Waals surface area contributed by atoms with E-state index in [4.69, 9.17) is 23.2 Å². The van der Waals surface area contributed by atoms with Crippen molar-refractivity contribution in [1.82, 2.24) is 19.5 Å². The van der Waals surface area contributed by atoms with Crippen LogP contribution in [0.2, 0.25) is 10.0 Å². The maximum absolute atomic E-state index is 13.7. The predicted molar refractivity (Wildman–Crippen MR) is 162 cm³/mol. The molecule has 4 fully saturated rings. The van der Waals surface area contributed by atoms with Crippen molar-refractivity contribution in [3.8, 4) is 11.3 Å². The zero-order valence-electron chi connectivity index (χ0n) is 24.0. The molecule has 3 saturated heterocycles. The lowest BCUT2D eigenvalue weighted by atomic mass is 9.84. The number of hydrogen-bond acceptors (Lipinski definition) is 4. The van der Waals surface area contributed by atoms with Crippen LogP contribution in [0, 0.1) is 18.8 Å². The molecule has 3 aliphatic heterocycles. The summed E-state index contributed by atoms with van der Waals surface area (Å²) >= 11 is 13.5. The van der Waals surface area contributed by atoms with Gasteiger partial charge in [0.2, 0.25) is 10.0 Å². The second kappa shape index (κ2) is 11.6. The van der Waals surface area contributed by atoms with Crippen LogP contribution in [0.1, 0.15) is 81.8 Å². The lowest BCUT2D eigenvalue weighted by Crippen LogP contribution is -2.57. The number of nitrogens with zero attached hydrogens (tertiary/aromatic N) is 2. The largest absolute Gasteiger partial charge is 0.348 e. The number of carbonyl (C=O) groups is 1. The number of piperidine rings is 3. The van der Waals surface area contributed by atoms with Gasteiger partial charge in [-0.15, -0.1) is 0 Å². The molecule has 1 amide bonds. The van der Waals surface area contributed by atoms with E-state index in [1.54, 1.807) is 26.8 Å². The molecular weight excluding hydrogens is 567 g/mol. The molecule has 6 rings (SSSR count). The molecule has 10 heteroatoms. The Kier molecular flexibility index (Phi) is 8.67. The Morgan fingerprint density at radius 1 is 1.02 bits per heavy atom. The molecule has 4 heterocycles. The fourth-order valence-electron chi connectivity index (χ4n) is 6.73. The van der Waals surface area contributed by atoms with Gasteiger partial charge < -0.3 is 14.8 Å². The number of halogens is 2. The Morgan fingerprint density at radius 3 is 2.30 bits per heavy atom. The maximum atomic E-state index is 13.7. The number of sulfonamides is 1. The summed E-state index contributed by atoms with van der Waals surface area (Å²) in [6.45, 7) is 11.3. The van der Waals surface area contributed by atoms with E-state index in [0.29, 0.717) is 23.0 Å². The van der Waals surface area contributed by atoms with Gasteiger partial charge in [0.1, 0.15) is 4.90 Å². The zero-order chi connectivity index (χ0) is 28.8. The van der Waals surface area contributed by atoms with E-state index in [1.807, 2.05) is 13.0 Å². The highest BCUT2D eigenvalue weighted by Crippen LogP contribution is 2.40. The SMILES string of the molecule is Cc1c(C(=O)NC2CN3CCC2CC3)cc(-c2ccc(S(=O)(=O)NC(C)(C)C)c(Cl)c2Cl)n1CC1CCCCC1. The van der Waals surface area contributed by atoms with Gasteiger partial charge in [-0.05, 0) is 96.5 Å². The van der Waals surface area contributed by atoms with Crippen LogP contribution >= 0.6 is 23.2 Å². The van der Waals surface area contributed by atoms with E-state index in [-0.39, 0.29) is 26.9 Å². The topological polar surface area (TPSA) is 83.4 Å². The minimum absolute atomic E-state index is 0.0164. The van der Waals surface area contributed by atoms with Gasteiger partial charge in [0.05, 0.1) is 21.3 Å². The Hall–Kier alpha value is -1.58. The van der Waals surface area contributed by atoms with Gasteiger partial charge >= 0.3 is 0 Å². The minimum Gasteiger partial charge on any atom is -0.348 e. The van der Waals surface area contributed by atoms with Gasteiger partial charge in [-0.25, -0.2) is 13.1 Å². The molecular formula is C30H42Cl2N4O3S. The van der Waals surface area contributed by atoms with Crippen molar-refractivity contribution < 1.29 is 13.2 Å². The summed E-state index contributed by atoms with van der Waals surface area (Å²) in [4.78, 5) is 16.1. The van der Waals surface area contributed by atoms with Crippen LogP contribution < -0.4 is 10.0 Å². The molecule has 7 nitrogen and oxygen atoms in total.